The molecule has 2 aromatic carbocycles. The lowest BCUT2D eigenvalue weighted by Gasteiger charge is -2.35. The molecular formula is C23H31N3O. The van der Waals surface area contributed by atoms with Crippen LogP contribution < -0.4 is 10.2 Å². The van der Waals surface area contributed by atoms with Crippen molar-refractivity contribution in [2.45, 2.75) is 33.6 Å². The Kier molecular flexibility index (Phi) is 6.17. The van der Waals surface area contributed by atoms with Crippen LogP contribution in [0, 0.1) is 6.92 Å². The lowest BCUT2D eigenvalue weighted by Crippen LogP contribution is -2.46. The number of aryl methyl sites for hydroxylation is 1. The summed E-state index contributed by atoms with van der Waals surface area (Å²) in [5.41, 5.74) is 5.15. The van der Waals surface area contributed by atoms with Crippen molar-refractivity contribution in [2.75, 3.05) is 42.9 Å². The SMILES string of the molecule is CCN1CCN(c2ccc(NC(=O)c3ccc(C(C)C)cc3)c(C)c2)CC1. The van der Waals surface area contributed by atoms with Crippen molar-refractivity contribution >= 4 is 17.3 Å². The first-order chi connectivity index (χ1) is 13.0. The highest BCUT2D eigenvalue weighted by Crippen LogP contribution is 2.24. The van der Waals surface area contributed by atoms with Crippen LogP contribution in [0.1, 0.15) is 48.2 Å². The molecule has 1 amide bonds. The van der Waals surface area contributed by atoms with Gasteiger partial charge in [-0.25, -0.2) is 0 Å². The molecule has 0 atom stereocenters. The van der Waals surface area contributed by atoms with E-state index in [9.17, 15) is 4.79 Å². The number of anilines is 2. The molecule has 0 aromatic heterocycles. The van der Waals surface area contributed by atoms with E-state index >= 15 is 0 Å². The van der Waals surface area contributed by atoms with E-state index in [0.29, 0.717) is 11.5 Å². The molecule has 0 bridgehead atoms. The fourth-order valence-electron chi connectivity index (χ4n) is 3.52. The number of likely N-dealkylation sites (N-methyl/N-ethyl adjacent to an activating group) is 1. The number of benzene rings is 2. The van der Waals surface area contributed by atoms with E-state index in [1.165, 1.54) is 11.3 Å². The molecule has 1 aliphatic heterocycles. The Morgan fingerprint density at radius 2 is 1.70 bits per heavy atom. The largest absolute Gasteiger partial charge is 0.369 e. The zero-order chi connectivity index (χ0) is 19.4. The summed E-state index contributed by atoms with van der Waals surface area (Å²) in [5, 5.41) is 3.06. The number of amides is 1. The van der Waals surface area contributed by atoms with Gasteiger partial charge >= 0.3 is 0 Å². The van der Waals surface area contributed by atoms with E-state index < -0.39 is 0 Å². The molecule has 1 saturated heterocycles. The average molecular weight is 366 g/mol. The van der Waals surface area contributed by atoms with Crippen molar-refractivity contribution < 1.29 is 4.79 Å². The second-order valence-corrected chi connectivity index (χ2v) is 7.65. The van der Waals surface area contributed by atoms with Gasteiger partial charge in [-0.15, -0.1) is 0 Å². The normalized spacial score (nSPS) is 15.2. The second-order valence-electron chi connectivity index (χ2n) is 7.65. The topological polar surface area (TPSA) is 35.6 Å². The fourth-order valence-corrected chi connectivity index (χ4v) is 3.52. The van der Waals surface area contributed by atoms with Crippen LogP contribution >= 0.6 is 0 Å². The number of carbonyl (C=O) groups is 1. The van der Waals surface area contributed by atoms with Crippen molar-refractivity contribution in [3.8, 4) is 0 Å². The number of nitrogens with zero attached hydrogens (tertiary/aromatic N) is 2. The van der Waals surface area contributed by atoms with Crippen LogP contribution in [0.4, 0.5) is 11.4 Å². The molecular weight excluding hydrogens is 334 g/mol. The summed E-state index contributed by atoms with van der Waals surface area (Å²) in [7, 11) is 0. The maximum absolute atomic E-state index is 12.6. The third-order valence-electron chi connectivity index (χ3n) is 5.48. The molecule has 144 valence electrons. The van der Waals surface area contributed by atoms with Crippen LogP contribution in [0.25, 0.3) is 0 Å². The van der Waals surface area contributed by atoms with E-state index in [1.807, 2.05) is 30.3 Å². The van der Waals surface area contributed by atoms with Crippen molar-refractivity contribution in [1.82, 2.24) is 4.90 Å². The van der Waals surface area contributed by atoms with Gasteiger partial charge in [0.15, 0.2) is 0 Å². The molecule has 1 heterocycles. The predicted octanol–water partition coefficient (Wildman–Crippen LogP) is 4.51. The molecule has 0 spiro atoms. The summed E-state index contributed by atoms with van der Waals surface area (Å²) in [6.07, 6.45) is 0. The van der Waals surface area contributed by atoms with Crippen molar-refractivity contribution in [1.29, 1.82) is 0 Å². The predicted molar refractivity (Wildman–Crippen MR) is 114 cm³/mol. The van der Waals surface area contributed by atoms with Crippen molar-refractivity contribution in [3.63, 3.8) is 0 Å². The Bertz CT molecular complexity index is 775. The highest BCUT2D eigenvalue weighted by molar-refractivity contribution is 6.04. The summed E-state index contributed by atoms with van der Waals surface area (Å²) < 4.78 is 0. The molecule has 2 aromatic rings. The number of rotatable bonds is 5. The summed E-state index contributed by atoms with van der Waals surface area (Å²) in [4.78, 5) is 17.5. The van der Waals surface area contributed by atoms with E-state index in [4.69, 9.17) is 0 Å². The van der Waals surface area contributed by atoms with Gasteiger partial charge in [0.05, 0.1) is 0 Å². The molecule has 1 aliphatic rings. The van der Waals surface area contributed by atoms with Gasteiger partial charge in [-0.05, 0) is 60.8 Å². The molecule has 0 radical (unpaired) electrons. The van der Waals surface area contributed by atoms with Crippen molar-refractivity contribution in [2.24, 2.45) is 0 Å². The van der Waals surface area contributed by atoms with Crippen LogP contribution in [0.15, 0.2) is 42.5 Å². The van der Waals surface area contributed by atoms with E-state index in [2.05, 4.69) is 54.9 Å². The number of nitrogens with one attached hydrogen (secondary N) is 1. The maximum Gasteiger partial charge on any atom is 0.255 e. The second kappa shape index (κ2) is 8.57. The summed E-state index contributed by atoms with van der Waals surface area (Å²) in [6.45, 7) is 14.0. The van der Waals surface area contributed by atoms with E-state index in [0.717, 1.165) is 44.0 Å². The van der Waals surface area contributed by atoms with Crippen LogP contribution in [-0.4, -0.2) is 43.5 Å². The first-order valence-electron chi connectivity index (χ1n) is 9.97. The monoisotopic (exact) mass is 365 g/mol. The van der Waals surface area contributed by atoms with Gasteiger partial charge in [-0.2, -0.15) is 0 Å². The molecule has 0 aliphatic carbocycles. The third kappa shape index (κ3) is 4.69. The lowest BCUT2D eigenvalue weighted by atomic mass is 10.0. The highest BCUT2D eigenvalue weighted by Gasteiger charge is 2.17. The van der Waals surface area contributed by atoms with Crippen LogP contribution in [-0.2, 0) is 0 Å². The van der Waals surface area contributed by atoms with E-state index in [-0.39, 0.29) is 5.91 Å². The highest BCUT2D eigenvalue weighted by atomic mass is 16.1. The molecule has 4 heteroatoms. The Hall–Kier alpha value is -2.33. The van der Waals surface area contributed by atoms with Gasteiger partial charge in [-0.3, -0.25) is 4.79 Å². The molecule has 3 rings (SSSR count). The van der Waals surface area contributed by atoms with Crippen LogP contribution in [0.5, 0.6) is 0 Å². The molecule has 1 N–H and O–H groups in total. The number of carbonyl (C=O) groups excluding carboxylic acids is 1. The standard InChI is InChI=1S/C23H31N3O/c1-5-25-12-14-26(15-13-25)21-10-11-22(18(4)16-21)24-23(27)20-8-6-19(7-9-20)17(2)3/h6-11,16-17H,5,12-15H2,1-4H3,(H,24,27). The molecule has 27 heavy (non-hydrogen) atoms. The number of hydrogen-bond donors (Lipinski definition) is 1. The van der Waals surface area contributed by atoms with E-state index in [1.54, 1.807) is 0 Å². The van der Waals surface area contributed by atoms with Gasteiger partial charge in [0, 0.05) is 43.1 Å². The number of hydrogen-bond acceptors (Lipinski definition) is 3. The molecule has 4 nitrogen and oxygen atoms in total. The Morgan fingerprint density at radius 1 is 1.04 bits per heavy atom. The van der Waals surface area contributed by atoms with Gasteiger partial charge in [0.25, 0.3) is 5.91 Å². The minimum atomic E-state index is -0.0577. The lowest BCUT2D eigenvalue weighted by molar-refractivity contribution is 0.102. The van der Waals surface area contributed by atoms with Crippen LogP contribution in [0.3, 0.4) is 0 Å². The molecule has 1 fully saturated rings. The van der Waals surface area contributed by atoms with Crippen molar-refractivity contribution in [3.05, 3.63) is 59.2 Å². The fraction of sp³-hybridized carbons (Fsp3) is 0.435. The zero-order valence-corrected chi connectivity index (χ0v) is 17.0. The van der Waals surface area contributed by atoms with Crippen LogP contribution in [0.2, 0.25) is 0 Å². The first kappa shape index (κ1) is 19.4. The quantitative estimate of drug-likeness (QED) is 0.847. The summed E-state index contributed by atoms with van der Waals surface area (Å²) >= 11 is 0. The number of piperazine rings is 1. The zero-order valence-electron chi connectivity index (χ0n) is 17.0. The third-order valence-corrected chi connectivity index (χ3v) is 5.48. The minimum Gasteiger partial charge on any atom is -0.369 e. The molecule has 0 unspecified atom stereocenters. The minimum absolute atomic E-state index is 0.0577. The smallest absolute Gasteiger partial charge is 0.255 e. The molecule has 0 saturated carbocycles. The summed E-state index contributed by atoms with van der Waals surface area (Å²) in [6, 6.07) is 14.2. The average Bonchev–Trinajstić information content (AvgIpc) is 2.69. The Morgan fingerprint density at radius 3 is 2.26 bits per heavy atom. The summed E-state index contributed by atoms with van der Waals surface area (Å²) in [5.74, 6) is 0.411. The van der Waals surface area contributed by atoms with Gasteiger partial charge in [-0.1, -0.05) is 32.9 Å². The van der Waals surface area contributed by atoms with Gasteiger partial charge in [0.2, 0.25) is 0 Å². The Labute approximate surface area is 163 Å². The first-order valence-corrected chi connectivity index (χ1v) is 9.97. The van der Waals surface area contributed by atoms with Gasteiger partial charge in [0.1, 0.15) is 0 Å². The van der Waals surface area contributed by atoms with Gasteiger partial charge < -0.3 is 15.1 Å². The maximum atomic E-state index is 12.6. The Balaban J connectivity index is 1.66.